The van der Waals surface area contributed by atoms with Crippen molar-refractivity contribution in [1.29, 1.82) is 0 Å². The fourth-order valence-corrected chi connectivity index (χ4v) is 5.63. The minimum atomic E-state index is -1.23. The van der Waals surface area contributed by atoms with Crippen LogP contribution in [0.1, 0.15) is 16.7 Å². The van der Waals surface area contributed by atoms with Crippen molar-refractivity contribution in [1.82, 2.24) is 26.2 Å². The number of hydrogen-bond acceptors (Lipinski definition) is 7. The van der Waals surface area contributed by atoms with Crippen molar-refractivity contribution in [2.24, 2.45) is 0 Å². The van der Waals surface area contributed by atoms with Crippen LogP contribution in [0.2, 0.25) is 0 Å². The summed E-state index contributed by atoms with van der Waals surface area (Å²) >= 11 is 0. The van der Waals surface area contributed by atoms with Crippen LogP contribution in [0.15, 0.2) is 109 Å². The molecule has 4 aromatic carbocycles. The average molecular weight is 706 g/mol. The van der Waals surface area contributed by atoms with Gasteiger partial charge in [0.1, 0.15) is 24.4 Å². The molecule has 0 fully saturated rings. The van der Waals surface area contributed by atoms with Crippen LogP contribution in [0.5, 0.6) is 5.75 Å². The molecule has 13 heteroatoms. The van der Waals surface area contributed by atoms with Gasteiger partial charge in [-0.05, 0) is 39.9 Å². The van der Waals surface area contributed by atoms with E-state index in [4.69, 9.17) is 4.74 Å². The maximum atomic E-state index is 13.9. The van der Waals surface area contributed by atoms with Gasteiger partial charge in [-0.25, -0.2) is 0 Å². The number of nitrogens with zero attached hydrogens (tertiary/aromatic N) is 1. The highest BCUT2D eigenvalue weighted by atomic mass is 16.5. The highest BCUT2D eigenvalue weighted by Gasteiger charge is 2.29. The zero-order chi connectivity index (χ0) is 36.9. The number of hydrogen-bond donors (Lipinski definition) is 5. The molecule has 2 atom stereocenters. The molecule has 2 aliphatic rings. The van der Waals surface area contributed by atoms with Gasteiger partial charge in [-0.15, -0.1) is 0 Å². The van der Waals surface area contributed by atoms with Crippen LogP contribution in [0, 0.1) is 0 Å². The van der Waals surface area contributed by atoms with Gasteiger partial charge in [-0.1, -0.05) is 97.1 Å². The standard InChI is InChI=1S/C39H39N5O8/c45-34-21-40-36(47)25-52-31-17-13-27(14-18-31)20-33(39(51)44(24-37(48)49)23-28-7-3-1-4-8-28)43-35(46)22-41-38(50)32(42-34)19-26-11-15-30(16-12-26)29-9-5-2-6-10-29/h1-18,32-33H,19-25H2,(H,40,47)(H,41,50)(H,42,45)(H,43,46)(H,48,49)/t32-,33+/m1/s1. The summed E-state index contributed by atoms with van der Waals surface area (Å²) in [5.74, 6) is -4.10. The molecule has 13 nitrogen and oxygen atoms in total. The Hall–Kier alpha value is -6.50. The van der Waals surface area contributed by atoms with Crippen molar-refractivity contribution in [3.63, 3.8) is 0 Å². The molecule has 0 saturated heterocycles. The van der Waals surface area contributed by atoms with Crippen molar-refractivity contribution in [2.75, 3.05) is 26.2 Å². The largest absolute Gasteiger partial charge is 0.484 e. The van der Waals surface area contributed by atoms with Crippen LogP contribution in [0.25, 0.3) is 11.1 Å². The zero-order valence-corrected chi connectivity index (χ0v) is 28.2. The van der Waals surface area contributed by atoms with E-state index in [2.05, 4.69) is 21.3 Å². The lowest BCUT2D eigenvalue weighted by Gasteiger charge is -2.27. The number of carboxylic acid groups (broad SMARTS) is 1. The van der Waals surface area contributed by atoms with E-state index >= 15 is 0 Å². The molecular weight excluding hydrogens is 666 g/mol. The second-order valence-electron chi connectivity index (χ2n) is 12.2. The molecule has 0 spiro atoms. The lowest BCUT2D eigenvalue weighted by Crippen LogP contribution is -2.54. The van der Waals surface area contributed by atoms with Gasteiger partial charge in [0, 0.05) is 19.4 Å². The van der Waals surface area contributed by atoms with Gasteiger partial charge < -0.3 is 36.0 Å². The van der Waals surface area contributed by atoms with Gasteiger partial charge in [-0.3, -0.25) is 28.8 Å². The first-order valence-electron chi connectivity index (χ1n) is 16.7. The van der Waals surface area contributed by atoms with Gasteiger partial charge in [0.05, 0.1) is 13.1 Å². The number of rotatable bonds is 8. The van der Waals surface area contributed by atoms with E-state index in [1.165, 1.54) is 0 Å². The highest BCUT2D eigenvalue weighted by Crippen LogP contribution is 2.20. The van der Waals surface area contributed by atoms with Gasteiger partial charge >= 0.3 is 5.97 Å². The number of carboxylic acids is 1. The molecule has 0 aromatic heterocycles. The monoisotopic (exact) mass is 705 g/mol. The first-order valence-corrected chi connectivity index (χ1v) is 16.7. The number of ether oxygens (including phenoxy) is 1. The number of carbonyl (C=O) groups is 6. The molecule has 0 unspecified atom stereocenters. The SMILES string of the molecule is O=C(O)CN(Cc1ccccc1)C(=O)[C@@H]1Cc2ccc(cc2)OCC(=O)NCC(=O)N[C@H](Cc2ccc(-c3ccccc3)cc2)C(=O)NCC(=O)N1. The summed E-state index contributed by atoms with van der Waals surface area (Å²) in [5, 5.41) is 19.9. The number of fused-ring (bicyclic) bond motifs is 16. The number of carbonyl (C=O) groups excluding carboxylic acids is 5. The second-order valence-corrected chi connectivity index (χ2v) is 12.2. The summed E-state index contributed by atoms with van der Waals surface area (Å²) in [6, 6.07) is 30.2. The lowest BCUT2D eigenvalue weighted by atomic mass is 10.00. The minimum absolute atomic E-state index is 0.0120. The third-order valence-corrected chi connectivity index (χ3v) is 8.24. The summed E-state index contributed by atoms with van der Waals surface area (Å²) in [7, 11) is 0. The second kappa shape index (κ2) is 17.9. The van der Waals surface area contributed by atoms with E-state index in [-0.39, 0.29) is 26.0 Å². The van der Waals surface area contributed by atoms with Gasteiger partial charge in [-0.2, -0.15) is 0 Å². The number of nitrogens with one attached hydrogen (secondary N) is 4. The Balaban J connectivity index is 1.36. The van der Waals surface area contributed by atoms with Crippen LogP contribution in [-0.4, -0.2) is 83.8 Å². The Kier molecular flexibility index (Phi) is 12.7. The summed E-state index contributed by atoms with van der Waals surface area (Å²) in [5.41, 5.74) is 4.01. The predicted octanol–water partition coefficient (Wildman–Crippen LogP) is 1.85. The van der Waals surface area contributed by atoms with Gasteiger partial charge in [0.25, 0.3) is 5.91 Å². The van der Waals surface area contributed by atoms with Gasteiger partial charge in [0.2, 0.25) is 23.6 Å². The van der Waals surface area contributed by atoms with Crippen LogP contribution in [-0.2, 0) is 48.2 Å². The van der Waals surface area contributed by atoms with E-state index in [1.807, 2.05) is 54.6 Å². The minimum Gasteiger partial charge on any atom is -0.484 e. The molecule has 0 aliphatic carbocycles. The van der Waals surface area contributed by atoms with Crippen LogP contribution < -0.4 is 26.0 Å². The number of benzene rings is 4. The van der Waals surface area contributed by atoms with E-state index in [9.17, 15) is 33.9 Å². The smallest absolute Gasteiger partial charge is 0.323 e. The zero-order valence-electron chi connectivity index (χ0n) is 28.2. The Bertz CT molecular complexity index is 1870. The summed E-state index contributed by atoms with van der Waals surface area (Å²) < 4.78 is 5.55. The lowest BCUT2D eigenvalue weighted by molar-refractivity contribution is -0.146. The Morgan fingerprint density at radius 3 is 1.98 bits per heavy atom. The first kappa shape index (κ1) is 36.8. The van der Waals surface area contributed by atoms with Crippen LogP contribution in [0.3, 0.4) is 0 Å². The van der Waals surface area contributed by atoms with E-state index in [1.54, 1.807) is 54.6 Å². The molecule has 0 saturated carbocycles. The predicted molar refractivity (Wildman–Crippen MR) is 191 cm³/mol. The molecular formula is C39H39N5O8. The van der Waals surface area contributed by atoms with E-state index in [0.717, 1.165) is 21.6 Å². The van der Waals surface area contributed by atoms with Crippen molar-refractivity contribution in [3.8, 4) is 16.9 Å². The fraction of sp³-hybridized carbons (Fsp3) is 0.231. The van der Waals surface area contributed by atoms with Crippen molar-refractivity contribution in [3.05, 3.63) is 126 Å². The third kappa shape index (κ3) is 11.0. The van der Waals surface area contributed by atoms with Crippen molar-refractivity contribution >= 4 is 35.5 Å². The highest BCUT2D eigenvalue weighted by molar-refractivity contribution is 5.94. The Labute approximate surface area is 300 Å². The molecule has 5 amide bonds. The van der Waals surface area contributed by atoms with Crippen molar-refractivity contribution in [2.45, 2.75) is 31.5 Å². The molecule has 52 heavy (non-hydrogen) atoms. The van der Waals surface area contributed by atoms with Gasteiger partial charge in [0.15, 0.2) is 6.61 Å². The molecule has 0 radical (unpaired) electrons. The Morgan fingerprint density at radius 2 is 1.31 bits per heavy atom. The summed E-state index contributed by atoms with van der Waals surface area (Å²) in [4.78, 5) is 79.0. The molecule has 5 N–H and O–H groups in total. The number of aliphatic carboxylic acids is 1. The first-order chi connectivity index (χ1) is 25.1. The summed E-state index contributed by atoms with van der Waals surface area (Å²) in [6.45, 7) is -1.97. The average Bonchev–Trinajstić information content (AvgIpc) is 3.15. The van der Waals surface area contributed by atoms with Crippen LogP contribution >= 0.6 is 0 Å². The molecule has 2 heterocycles. The molecule has 2 bridgehead atoms. The summed E-state index contributed by atoms with van der Waals surface area (Å²) in [6.07, 6.45) is 0.0614. The Morgan fingerprint density at radius 1 is 0.692 bits per heavy atom. The normalized spacial score (nSPS) is 17.2. The fourth-order valence-electron chi connectivity index (χ4n) is 5.63. The molecule has 4 aromatic rings. The quantitative estimate of drug-likeness (QED) is 0.172. The van der Waals surface area contributed by atoms with Crippen LogP contribution in [0.4, 0.5) is 0 Å². The topological polar surface area (TPSA) is 183 Å². The maximum Gasteiger partial charge on any atom is 0.323 e. The third-order valence-electron chi connectivity index (χ3n) is 8.24. The molecule has 6 rings (SSSR count). The van der Waals surface area contributed by atoms with E-state index < -0.39 is 67.2 Å². The maximum absolute atomic E-state index is 13.9. The molecule has 2 aliphatic heterocycles. The molecule has 268 valence electrons. The number of amides is 5. The van der Waals surface area contributed by atoms with E-state index in [0.29, 0.717) is 16.9 Å². The van der Waals surface area contributed by atoms with Crippen molar-refractivity contribution < 1.29 is 38.6 Å².